The molecule has 7 nitrogen and oxygen atoms in total. The minimum atomic E-state index is -1.34. The van der Waals surface area contributed by atoms with E-state index in [9.17, 15) is 19.5 Å². The molecule has 19 heavy (non-hydrogen) atoms. The van der Waals surface area contributed by atoms with Gasteiger partial charge in [-0.15, -0.1) is 0 Å². The highest BCUT2D eigenvalue weighted by Crippen LogP contribution is 2.32. The first-order valence-corrected chi connectivity index (χ1v) is 5.91. The van der Waals surface area contributed by atoms with Gasteiger partial charge in [-0.05, 0) is 20.8 Å². The van der Waals surface area contributed by atoms with Gasteiger partial charge in [0.15, 0.2) is 0 Å². The zero-order valence-corrected chi connectivity index (χ0v) is 11.6. The van der Waals surface area contributed by atoms with E-state index in [1.807, 2.05) is 0 Å². The molecule has 0 aromatic rings. The second kappa shape index (κ2) is 7.08. The molecule has 0 aromatic carbocycles. The van der Waals surface area contributed by atoms with Crippen LogP contribution >= 0.6 is 0 Å². The summed E-state index contributed by atoms with van der Waals surface area (Å²) in [6.45, 7) is 5.64. The third-order valence-electron chi connectivity index (χ3n) is 2.74. The number of nitrogens with two attached hydrogens (primary N) is 1. The number of carbonyl (C=O) groups is 3. The minimum Gasteiger partial charge on any atom is -0.481 e. The van der Waals surface area contributed by atoms with Crippen molar-refractivity contribution in [3.05, 3.63) is 0 Å². The van der Waals surface area contributed by atoms with Crippen LogP contribution in [0.15, 0.2) is 0 Å². The van der Waals surface area contributed by atoms with Crippen LogP contribution in [-0.2, 0) is 23.9 Å². The Balaban J connectivity index is 5.09. The van der Waals surface area contributed by atoms with Gasteiger partial charge < -0.3 is 20.3 Å². The lowest BCUT2D eigenvalue weighted by atomic mass is 9.76. The van der Waals surface area contributed by atoms with Gasteiger partial charge in [0.25, 0.3) is 0 Å². The standard InChI is InChI=1S/C12H21NO6/c1-7(19-8(2)14)9(10(15)16)12(3,4)11(17)18-6-5-13/h7,9H,5-6,13H2,1-4H3,(H,15,16). The van der Waals surface area contributed by atoms with Crippen LogP contribution in [0.3, 0.4) is 0 Å². The molecule has 0 spiro atoms. The van der Waals surface area contributed by atoms with Crippen molar-refractivity contribution in [3.63, 3.8) is 0 Å². The van der Waals surface area contributed by atoms with Gasteiger partial charge in [0.1, 0.15) is 18.6 Å². The molecule has 0 aliphatic heterocycles. The SMILES string of the molecule is CC(=O)OC(C)C(C(=O)O)C(C)(C)C(=O)OCCN. The van der Waals surface area contributed by atoms with E-state index >= 15 is 0 Å². The van der Waals surface area contributed by atoms with E-state index < -0.39 is 35.3 Å². The van der Waals surface area contributed by atoms with Crippen LogP contribution in [0.2, 0.25) is 0 Å². The zero-order valence-electron chi connectivity index (χ0n) is 11.6. The quantitative estimate of drug-likeness (QED) is 0.636. The molecule has 0 fully saturated rings. The molecule has 2 unspecified atom stereocenters. The van der Waals surface area contributed by atoms with Gasteiger partial charge in [0.2, 0.25) is 0 Å². The Morgan fingerprint density at radius 1 is 1.32 bits per heavy atom. The normalized spacial score (nSPS) is 14.4. The van der Waals surface area contributed by atoms with E-state index in [-0.39, 0.29) is 13.2 Å². The fourth-order valence-corrected chi connectivity index (χ4v) is 1.89. The first kappa shape index (κ1) is 17.4. The summed E-state index contributed by atoms with van der Waals surface area (Å²) in [5.41, 5.74) is 3.88. The first-order valence-electron chi connectivity index (χ1n) is 5.91. The minimum absolute atomic E-state index is 0.0105. The van der Waals surface area contributed by atoms with Gasteiger partial charge in [-0.25, -0.2) is 0 Å². The van der Waals surface area contributed by atoms with E-state index in [0.717, 1.165) is 0 Å². The van der Waals surface area contributed by atoms with Crippen LogP contribution in [0.25, 0.3) is 0 Å². The van der Waals surface area contributed by atoms with Crippen LogP contribution in [0.5, 0.6) is 0 Å². The summed E-state index contributed by atoms with van der Waals surface area (Å²) >= 11 is 0. The maximum atomic E-state index is 11.9. The van der Waals surface area contributed by atoms with Gasteiger partial charge in [0.05, 0.1) is 5.41 Å². The number of hydrogen-bond donors (Lipinski definition) is 2. The Labute approximate surface area is 112 Å². The largest absolute Gasteiger partial charge is 0.481 e. The summed E-state index contributed by atoms with van der Waals surface area (Å²) in [5, 5.41) is 9.24. The molecule has 0 saturated heterocycles. The fraction of sp³-hybridized carbons (Fsp3) is 0.750. The average Bonchev–Trinajstić information content (AvgIpc) is 2.23. The second-order valence-corrected chi connectivity index (χ2v) is 4.78. The van der Waals surface area contributed by atoms with Crippen molar-refractivity contribution in [2.45, 2.75) is 33.8 Å². The molecule has 0 aliphatic rings. The Morgan fingerprint density at radius 2 is 1.84 bits per heavy atom. The maximum absolute atomic E-state index is 11.9. The van der Waals surface area contributed by atoms with Crippen LogP contribution in [0.4, 0.5) is 0 Å². The summed E-state index contributed by atoms with van der Waals surface area (Å²) in [6.07, 6.45) is -0.949. The van der Waals surface area contributed by atoms with E-state index in [2.05, 4.69) is 0 Å². The Kier molecular flexibility index (Phi) is 6.47. The fourth-order valence-electron chi connectivity index (χ4n) is 1.89. The predicted octanol–water partition coefficient (Wildman–Crippen LogP) is 0.167. The number of rotatable bonds is 7. The summed E-state index contributed by atoms with van der Waals surface area (Å²) in [4.78, 5) is 34.1. The van der Waals surface area contributed by atoms with Crippen LogP contribution in [0, 0.1) is 11.3 Å². The van der Waals surface area contributed by atoms with Crippen molar-refractivity contribution in [3.8, 4) is 0 Å². The number of esters is 2. The van der Waals surface area contributed by atoms with Crippen molar-refractivity contribution in [1.82, 2.24) is 0 Å². The number of ether oxygens (including phenoxy) is 2. The highest BCUT2D eigenvalue weighted by molar-refractivity contribution is 5.84. The molecule has 3 N–H and O–H groups in total. The molecule has 0 radical (unpaired) electrons. The van der Waals surface area contributed by atoms with Gasteiger partial charge >= 0.3 is 17.9 Å². The molecule has 0 amide bonds. The molecule has 0 rings (SSSR count). The Bertz CT molecular complexity index is 352. The van der Waals surface area contributed by atoms with Gasteiger partial charge in [0, 0.05) is 13.5 Å². The van der Waals surface area contributed by atoms with E-state index in [1.54, 1.807) is 0 Å². The molecule has 7 heteroatoms. The molecular formula is C12H21NO6. The molecule has 0 aliphatic carbocycles. The number of aliphatic carboxylic acids is 1. The Hall–Kier alpha value is -1.63. The summed E-state index contributed by atoms with van der Waals surface area (Å²) in [7, 11) is 0. The smallest absolute Gasteiger partial charge is 0.312 e. The zero-order chi connectivity index (χ0) is 15.2. The summed E-state index contributed by atoms with van der Waals surface area (Å²) < 4.78 is 9.74. The third-order valence-corrected chi connectivity index (χ3v) is 2.74. The van der Waals surface area contributed by atoms with Crippen LogP contribution in [0.1, 0.15) is 27.7 Å². The first-order chi connectivity index (χ1) is 8.64. The topological polar surface area (TPSA) is 116 Å². The highest BCUT2D eigenvalue weighted by Gasteiger charge is 2.47. The number of carboxylic acids is 1. The van der Waals surface area contributed by atoms with Crippen molar-refractivity contribution < 1.29 is 29.0 Å². The van der Waals surface area contributed by atoms with E-state index in [0.29, 0.717) is 0 Å². The monoisotopic (exact) mass is 275 g/mol. The molecule has 2 atom stereocenters. The lowest BCUT2D eigenvalue weighted by molar-refractivity contribution is -0.174. The lowest BCUT2D eigenvalue weighted by Gasteiger charge is -2.32. The van der Waals surface area contributed by atoms with Crippen molar-refractivity contribution in [2.24, 2.45) is 17.1 Å². The Morgan fingerprint density at radius 3 is 2.21 bits per heavy atom. The number of carboxylic acid groups (broad SMARTS) is 1. The van der Waals surface area contributed by atoms with Crippen LogP contribution in [-0.4, -0.2) is 42.3 Å². The van der Waals surface area contributed by atoms with Crippen LogP contribution < -0.4 is 5.73 Å². The molecule has 0 saturated carbocycles. The summed E-state index contributed by atoms with van der Waals surface area (Å²) in [6, 6.07) is 0. The third kappa shape index (κ3) is 4.86. The number of hydrogen-bond acceptors (Lipinski definition) is 6. The maximum Gasteiger partial charge on any atom is 0.312 e. The van der Waals surface area contributed by atoms with Crippen molar-refractivity contribution >= 4 is 17.9 Å². The van der Waals surface area contributed by atoms with E-state index in [1.165, 1.54) is 27.7 Å². The second-order valence-electron chi connectivity index (χ2n) is 4.78. The highest BCUT2D eigenvalue weighted by atomic mass is 16.5. The molecule has 0 bridgehead atoms. The summed E-state index contributed by atoms with van der Waals surface area (Å²) in [5.74, 6) is -3.74. The molecule has 0 heterocycles. The van der Waals surface area contributed by atoms with Crippen molar-refractivity contribution in [2.75, 3.05) is 13.2 Å². The average molecular weight is 275 g/mol. The van der Waals surface area contributed by atoms with E-state index in [4.69, 9.17) is 15.2 Å². The number of carbonyl (C=O) groups excluding carboxylic acids is 2. The van der Waals surface area contributed by atoms with Gasteiger partial charge in [-0.1, -0.05) is 0 Å². The van der Waals surface area contributed by atoms with Gasteiger partial charge in [-0.2, -0.15) is 0 Å². The van der Waals surface area contributed by atoms with Gasteiger partial charge in [-0.3, -0.25) is 14.4 Å². The predicted molar refractivity (Wildman–Crippen MR) is 66.1 cm³/mol. The molecule has 110 valence electrons. The molecular weight excluding hydrogens is 254 g/mol. The molecule has 0 aromatic heterocycles. The van der Waals surface area contributed by atoms with Crippen molar-refractivity contribution in [1.29, 1.82) is 0 Å². The lowest BCUT2D eigenvalue weighted by Crippen LogP contribution is -2.46.